The Bertz CT molecular complexity index is 408. The molecule has 0 heterocycles. The molecule has 0 saturated carbocycles. The summed E-state index contributed by atoms with van der Waals surface area (Å²) in [5, 5.41) is 12.6. The first-order chi connectivity index (χ1) is 8.06. The van der Waals surface area contributed by atoms with Gasteiger partial charge in [0.1, 0.15) is 5.75 Å². The number of rotatable bonds is 5. The van der Waals surface area contributed by atoms with Crippen molar-refractivity contribution in [3.8, 4) is 5.75 Å². The van der Waals surface area contributed by atoms with Crippen LogP contribution in [0.4, 0.5) is 0 Å². The van der Waals surface area contributed by atoms with E-state index in [0.717, 1.165) is 22.8 Å². The zero-order valence-electron chi connectivity index (χ0n) is 9.59. The molecule has 0 spiro atoms. The average molecular weight is 459 g/mol. The molecular weight excluding hydrogens is 444 g/mol. The van der Waals surface area contributed by atoms with Crippen molar-refractivity contribution < 1.29 is 9.90 Å². The van der Waals surface area contributed by atoms with Crippen molar-refractivity contribution >= 4 is 51.1 Å². The maximum Gasteiger partial charge on any atom is 0.255 e. The van der Waals surface area contributed by atoms with Gasteiger partial charge in [0.15, 0.2) is 0 Å². The fourth-order valence-corrected chi connectivity index (χ4v) is 3.26. The molecule has 1 aromatic rings. The Hall–Kier alpha value is -0.0500. The first kappa shape index (κ1) is 15.0. The van der Waals surface area contributed by atoms with Gasteiger partial charge in [0.05, 0.1) is 9.13 Å². The maximum atomic E-state index is 11.9. The van der Waals surface area contributed by atoms with Crippen LogP contribution < -0.4 is 5.32 Å². The van der Waals surface area contributed by atoms with E-state index in [-0.39, 0.29) is 11.7 Å². The van der Waals surface area contributed by atoms with Crippen LogP contribution in [0.25, 0.3) is 0 Å². The van der Waals surface area contributed by atoms with Gasteiger partial charge in [-0.1, -0.05) is 19.8 Å². The van der Waals surface area contributed by atoms with Gasteiger partial charge in [-0.25, -0.2) is 0 Å². The number of phenolic OH excluding ortho intramolecular Hbond substituents is 1. The van der Waals surface area contributed by atoms with Crippen molar-refractivity contribution in [1.29, 1.82) is 0 Å². The molecule has 1 aromatic carbocycles. The average Bonchev–Trinajstić information content (AvgIpc) is 2.29. The second kappa shape index (κ2) is 7.40. The summed E-state index contributed by atoms with van der Waals surface area (Å²) >= 11 is 4.16. The highest BCUT2D eigenvalue weighted by Gasteiger charge is 2.14. The van der Waals surface area contributed by atoms with E-state index >= 15 is 0 Å². The second-order valence-corrected chi connectivity index (χ2v) is 6.15. The van der Waals surface area contributed by atoms with Crippen molar-refractivity contribution in [2.45, 2.75) is 26.2 Å². The van der Waals surface area contributed by atoms with Gasteiger partial charge in [0.25, 0.3) is 5.91 Å². The molecule has 0 aliphatic rings. The third-order valence-electron chi connectivity index (χ3n) is 2.34. The van der Waals surface area contributed by atoms with E-state index in [1.165, 1.54) is 0 Å². The third-order valence-corrected chi connectivity index (χ3v) is 3.78. The molecule has 94 valence electrons. The summed E-state index contributed by atoms with van der Waals surface area (Å²) in [5.74, 6) is -0.131. The molecule has 0 aromatic heterocycles. The Kier molecular flexibility index (Phi) is 6.53. The number of aromatic hydroxyl groups is 1. The van der Waals surface area contributed by atoms with Gasteiger partial charge in [-0.2, -0.15) is 0 Å². The van der Waals surface area contributed by atoms with Gasteiger partial charge in [0, 0.05) is 10.1 Å². The van der Waals surface area contributed by atoms with Crippen LogP contribution in [0.15, 0.2) is 12.1 Å². The van der Waals surface area contributed by atoms with Gasteiger partial charge in [-0.3, -0.25) is 4.79 Å². The molecule has 0 fully saturated rings. The van der Waals surface area contributed by atoms with E-state index in [1.807, 2.05) is 28.7 Å². The Labute approximate surface area is 129 Å². The number of amides is 1. The quantitative estimate of drug-likeness (QED) is 0.524. The van der Waals surface area contributed by atoms with Crippen molar-refractivity contribution in [3.05, 3.63) is 24.8 Å². The number of unbranched alkanes of at least 4 members (excludes halogenated alkanes) is 2. The van der Waals surface area contributed by atoms with Gasteiger partial charge < -0.3 is 10.4 Å². The summed E-state index contributed by atoms with van der Waals surface area (Å²) in [4.78, 5) is 11.9. The van der Waals surface area contributed by atoms with Crippen LogP contribution in [0.1, 0.15) is 36.5 Å². The predicted octanol–water partition coefficient (Wildman–Crippen LogP) is 3.52. The van der Waals surface area contributed by atoms with Gasteiger partial charge in [-0.15, -0.1) is 0 Å². The molecule has 17 heavy (non-hydrogen) atoms. The molecule has 3 nitrogen and oxygen atoms in total. The first-order valence-corrected chi connectivity index (χ1v) is 7.68. The van der Waals surface area contributed by atoms with Crippen LogP contribution in [0.3, 0.4) is 0 Å². The Balaban J connectivity index is 2.69. The molecule has 1 rings (SSSR count). The van der Waals surface area contributed by atoms with Gasteiger partial charge >= 0.3 is 0 Å². The molecule has 0 atom stereocenters. The molecule has 0 aliphatic heterocycles. The highest BCUT2D eigenvalue weighted by atomic mass is 127. The smallest absolute Gasteiger partial charge is 0.255 e. The number of phenols is 1. The summed E-state index contributed by atoms with van der Waals surface area (Å²) in [5.41, 5.74) is 0.359. The van der Waals surface area contributed by atoms with E-state index in [2.05, 4.69) is 34.8 Å². The van der Waals surface area contributed by atoms with Crippen LogP contribution in [-0.2, 0) is 0 Å². The van der Waals surface area contributed by atoms with Crippen LogP contribution in [0.2, 0.25) is 0 Å². The van der Waals surface area contributed by atoms with E-state index in [9.17, 15) is 9.90 Å². The fraction of sp³-hybridized carbons (Fsp3) is 0.417. The number of carbonyl (C=O) groups excluding carboxylic acids is 1. The highest BCUT2D eigenvalue weighted by Crippen LogP contribution is 2.26. The zero-order chi connectivity index (χ0) is 12.8. The SMILES string of the molecule is CCCCCNC(=O)c1cc(I)cc(I)c1O. The lowest BCUT2D eigenvalue weighted by Crippen LogP contribution is -2.24. The van der Waals surface area contributed by atoms with E-state index in [0.29, 0.717) is 15.7 Å². The summed E-state index contributed by atoms with van der Waals surface area (Å²) in [7, 11) is 0. The molecule has 0 bridgehead atoms. The molecule has 1 amide bonds. The van der Waals surface area contributed by atoms with Crippen molar-refractivity contribution in [2.24, 2.45) is 0 Å². The zero-order valence-corrected chi connectivity index (χ0v) is 13.9. The summed E-state index contributed by atoms with van der Waals surface area (Å²) in [6.07, 6.45) is 3.21. The minimum atomic E-state index is -0.199. The molecule has 0 saturated heterocycles. The fourth-order valence-electron chi connectivity index (χ4n) is 1.41. The summed E-state index contributed by atoms with van der Waals surface area (Å²) in [6, 6.07) is 3.54. The Morgan fingerprint density at radius 3 is 2.71 bits per heavy atom. The van der Waals surface area contributed by atoms with Crippen molar-refractivity contribution in [2.75, 3.05) is 6.54 Å². The predicted molar refractivity (Wildman–Crippen MR) is 85.4 cm³/mol. The standard InChI is InChI=1S/C12H15I2NO2/c1-2-3-4-5-15-12(17)9-6-8(13)7-10(14)11(9)16/h6-7,16H,2-5H2,1H3,(H,15,17). The minimum absolute atomic E-state index is 0.0685. The number of benzene rings is 1. The lowest BCUT2D eigenvalue weighted by atomic mass is 10.2. The monoisotopic (exact) mass is 459 g/mol. The number of nitrogens with one attached hydrogen (secondary N) is 1. The maximum absolute atomic E-state index is 11.9. The second-order valence-electron chi connectivity index (χ2n) is 3.75. The normalized spacial score (nSPS) is 10.3. The number of carbonyl (C=O) groups is 1. The van der Waals surface area contributed by atoms with Gasteiger partial charge in [0.2, 0.25) is 0 Å². The van der Waals surface area contributed by atoms with E-state index in [4.69, 9.17) is 0 Å². The van der Waals surface area contributed by atoms with Crippen LogP contribution in [0, 0.1) is 7.14 Å². The van der Waals surface area contributed by atoms with Gasteiger partial charge in [-0.05, 0) is 63.7 Å². The molecule has 0 radical (unpaired) electrons. The molecule has 5 heteroatoms. The summed E-state index contributed by atoms with van der Waals surface area (Å²) in [6.45, 7) is 2.78. The molecule has 0 unspecified atom stereocenters. The Morgan fingerprint density at radius 2 is 2.06 bits per heavy atom. The lowest BCUT2D eigenvalue weighted by Gasteiger charge is -2.08. The van der Waals surface area contributed by atoms with Crippen molar-refractivity contribution in [3.63, 3.8) is 0 Å². The van der Waals surface area contributed by atoms with Crippen LogP contribution in [-0.4, -0.2) is 17.6 Å². The molecule has 2 N–H and O–H groups in total. The lowest BCUT2D eigenvalue weighted by molar-refractivity contribution is 0.0950. The first-order valence-electron chi connectivity index (χ1n) is 5.52. The van der Waals surface area contributed by atoms with E-state index in [1.54, 1.807) is 6.07 Å². The van der Waals surface area contributed by atoms with E-state index < -0.39 is 0 Å². The largest absolute Gasteiger partial charge is 0.506 e. The topological polar surface area (TPSA) is 49.3 Å². The Morgan fingerprint density at radius 1 is 1.35 bits per heavy atom. The van der Waals surface area contributed by atoms with Crippen LogP contribution in [0.5, 0.6) is 5.75 Å². The number of hydrogen-bond acceptors (Lipinski definition) is 2. The minimum Gasteiger partial charge on any atom is -0.506 e. The van der Waals surface area contributed by atoms with Crippen molar-refractivity contribution in [1.82, 2.24) is 5.32 Å². The number of halogens is 2. The van der Waals surface area contributed by atoms with Crippen LogP contribution >= 0.6 is 45.2 Å². The summed E-state index contributed by atoms with van der Waals surface area (Å²) < 4.78 is 1.65. The molecule has 0 aliphatic carbocycles. The number of hydrogen-bond donors (Lipinski definition) is 2. The third kappa shape index (κ3) is 4.61. The highest BCUT2D eigenvalue weighted by molar-refractivity contribution is 14.1. The molecular formula is C12H15I2NO2.